The lowest BCUT2D eigenvalue weighted by Crippen LogP contribution is -2.27. The summed E-state index contributed by atoms with van der Waals surface area (Å²) in [5.41, 5.74) is 5.97. The molecule has 0 radical (unpaired) electrons. The first-order valence-electron chi connectivity index (χ1n) is 11.5. The lowest BCUT2D eigenvalue weighted by molar-refractivity contribution is -0.131. The fourth-order valence-electron chi connectivity index (χ4n) is 4.47. The molecule has 2 atom stereocenters. The van der Waals surface area contributed by atoms with Gasteiger partial charge in [-0.05, 0) is 61.2 Å². The Kier molecular flexibility index (Phi) is 6.93. The zero-order valence-electron chi connectivity index (χ0n) is 19.1. The Bertz CT molecular complexity index is 1260. The lowest BCUT2D eigenvalue weighted by Gasteiger charge is -2.18. The predicted molar refractivity (Wildman–Crippen MR) is 131 cm³/mol. The molecule has 170 valence electrons. The van der Waals surface area contributed by atoms with Gasteiger partial charge in [0, 0.05) is 18.0 Å². The average Bonchev–Trinajstić information content (AvgIpc) is 3.62. The summed E-state index contributed by atoms with van der Waals surface area (Å²) in [7, 11) is 0. The van der Waals surface area contributed by atoms with Gasteiger partial charge in [0.05, 0.1) is 11.5 Å². The van der Waals surface area contributed by atoms with E-state index in [0.717, 1.165) is 43.5 Å². The maximum Gasteiger partial charge on any atom is 0.336 e. The van der Waals surface area contributed by atoms with E-state index < -0.39 is 5.97 Å². The number of nitrogens with zero attached hydrogens (tertiary/aromatic N) is 1. The van der Waals surface area contributed by atoms with Crippen molar-refractivity contribution in [2.24, 2.45) is 0 Å². The third kappa shape index (κ3) is 5.16. The van der Waals surface area contributed by atoms with Crippen LogP contribution in [0.1, 0.15) is 54.6 Å². The molecule has 1 saturated carbocycles. The molecule has 1 heterocycles. The number of benzene rings is 2. The molecule has 1 fully saturated rings. The minimum Gasteiger partial charge on any atom is -0.478 e. The van der Waals surface area contributed by atoms with E-state index >= 15 is 0 Å². The number of carboxylic acid groups (broad SMARTS) is 1. The second-order valence-electron chi connectivity index (χ2n) is 8.46. The van der Waals surface area contributed by atoms with E-state index in [0.29, 0.717) is 28.9 Å². The summed E-state index contributed by atoms with van der Waals surface area (Å²) in [5, 5.41) is 9.30. The van der Waals surface area contributed by atoms with Crippen molar-refractivity contribution in [2.45, 2.75) is 38.5 Å². The zero-order valence-corrected chi connectivity index (χ0v) is 19.1. The molecule has 1 aliphatic rings. The molecule has 2 unspecified atom stereocenters. The lowest BCUT2D eigenvalue weighted by atomic mass is 10.0. The van der Waals surface area contributed by atoms with Crippen LogP contribution in [0.3, 0.4) is 0 Å². The molecular weight excluding hydrogens is 414 g/mol. The fraction of sp³-hybridized carbons (Fsp3) is 0.321. The Labute approximate surface area is 193 Å². The van der Waals surface area contributed by atoms with Gasteiger partial charge in [0.15, 0.2) is 5.43 Å². The SMILES string of the molecule is CCN(CC)CCc1c(C2CC2c2ccccc2)oc2ccc(C=C=CC(=O)O)cc2c1=O. The summed E-state index contributed by atoms with van der Waals surface area (Å²) >= 11 is 0. The maximum atomic E-state index is 13.6. The van der Waals surface area contributed by atoms with Gasteiger partial charge in [0.2, 0.25) is 0 Å². The Hall–Kier alpha value is -3.40. The van der Waals surface area contributed by atoms with Crippen LogP contribution < -0.4 is 5.43 Å². The van der Waals surface area contributed by atoms with Gasteiger partial charge in [-0.2, -0.15) is 0 Å². The third-order valence-corrected chi connectivity index (χ3v) is 6.42. The monoisotopic (exact) mass is 443 g/mol. The summed E-state index contributed by atoms with van der Waals surface area (Å²) < 4.78 is 6.39. The number of hydrogen-bond acceptors (Lipinski definition) is 4. The quantitative estimate of drug-likeness (QED) is 0.364. The van der Waals surface area contributed by atoms with Crippen LogP contribution in [-0.4, -0.2) is 35.6 Å². The molecule has 0 spiro atoms. The number of carboxylic acids is 1. The van der Waals surface area contributed by atoms with Crippen molar-refractivity contribution in [1.29, 1.82) is 0 Å². The van der Waals surface area contributed by atoms with Gasteiger partial charge in [0.1, 0.15) is 11.3 Å². The van der Waals surface area contributed by atoms with E-state index in [1.807, 2.05) is 12.1 Å². The number of hydrogen-bond donors (Lipinski definition) is 1. The molecule has 0 amide bonds. The first-order valence-corrected chi connectivity index (χ1v) is 11.5. The van der Waals surface area contributed by atoms with E-state index in [2.05, 4.69) is 48.7 Å². The Morgan fingerprint density at radius 2 is 1.91 bits per heavy atom. The third-order valence-electron chi connectivity index (χ3n) is 6.42. The summed E-state index contributed by atoms with van der Waals surface area (Å²) in [6, 6.07) is 15.8. The molecular formula is C28H29NO4. The van der Waals surface area contributed by atoms with E-state index in [-0.39, 0.29) is 11.3 Å². The van der Waals surface area contributed by atoms with Gasteiger partial charge in [-0.15, -0.1) is 5.73 Å². The second-order valence-corrected chi connectivity index (χ2v) is 8.46. The molecule has 0 aliphatic heterocycles. The van der Waals surface area contributed by atoms with Crippen molar-refractivity contribution in [3.63, 3.8) is 0 Å². The van der Waals surface area contributed by atoms with E-state index in [9.17, 15) is 9.59 Å². The van der Waals surface area contributed by atoms with Crippen LogP contribution in [0.4, 0.5) is 0 Å². The molecule has 5 nitrogen and oxygen atoms in total. The van der Waals surface area contributed by atoms with Crippen LogP contribution in [0.15, 0.2) is 69.5 Å². The number of likely N-dealkylation sites (N-methyl/N-ethyl adjacent to an activating group) is 1. The van der Waals surface area contributed by atoms with Gasteiger partial charge >= 0.3 is 5.97 Å². The normalized spacial score (nSPS) is 17.1. The van der Waals surface area contributed by atoms with Gasteiger partial charge < -0.3 is 14.4 Å². The minimum atomic E-state index is -1.06. The molecule has 5 heteroatoms. The van der Waals surface area contributed by atoms with Crippen LogP contribution in [0.25, 0.3) is 17.0 Å². The van der Waals surface area contributed by atoms with Crippen molar-refractivity contribution in [2.75, 3.05) is 19.6 Å². The standard InChI is InChI=1S/C28H29NO4/c1-3-29(4-2)16-15-21-27(32)24-17-19(9-8-12-26(30)31)13-14-25(24)33-28(21)23-18-22(23)20-10-6-5-7-11-20/h5-7,9-14,17,22-23H,3-4,15-16,18H2,1-2H3,(H,30,31). The van der Waals surface area contributed by atoms with Crippen molar-refractivity contribution in [3.05, 3.63) is 93.0 Å². The first kappa shape index (κ1) is 22.8. The van der Waals surface area contributed by atoms with E-state index in [1.54, 1.807) is 18.2 Å². The molecule has 0 bridgehead atoms. The predicted octanol–water partition coefficient (Wildman–Crippen LogP) is 5.20. The highest BCUT2D eigenvalue weighted by atomic mass is 16.4. The smallest absolute Gasteiger partial charge is 0.336 e. The van der Waals surface area contributed by atoms with Gasteiger partial charge in [0.25, 0.3) is 0 Å². The van der Waals surface area contributed by atoms with Crippen LogP contribution in [0, 0.1) is 0 Å². The summed E-state index contributed by atoms with van der Waals surface area (Å²) in [5.74, 6) is 0.353. The Morgan fingerprint density at radius 1 is 1.15 bits per heavy atom. The minimum absolute atomic E-state index is 0.00887. The molecule has 1 aliphatic carbocycles. The highest BCUT2D eigenvalue weighted by molar-refractivity contribution is 5.82. The van der Waals surface area contributed by atoms with Crippen LogP contribution in [0.2, 0.25) is 0 Å². The second kappa shape index (κ2) is 10.0. The van der Waals surface area contributed by atoms with E-state index in [1.165, 1.54) is 5.56 Å². The topological polar surface area (TPSA) is 70.8 Å². The van der Waals surface area contributed by atoms with Crippen molar-refractivity contribution >= 4 is 23.0 Å². The van der Waals surface area contributed by atoms with Crippen LogP contribution in [0.5, 0.6) is 0 Å². The molecule has 2 aromatic carbocycles. The molecule has 1 N–H and O–H groups in total. The first-order chi connectivity index (χ1) is 16.0. The van der Waals surface area contributed by atoms with Crippen molar-refractivity contribution < 1.29 is 14.3 Å². The highest BCUT2D eigenvalue weighted by Gasteiger charge is 2.43. The summed E-state index contributed by atoms with van der Waals surface area (Å²) in [4.78, 5) is 26.7. The maximum absolute atomic E-state index is 13.6. The molecule has 33 heavy (non-hydrogen) atoms. The average molecular weight is 444 g/mol. The summed E-state index contributed by atoms with van der Waals surface area (Å²) in [6.07, 6.45) is 4.13. The number of rotatable bonds is 9. The van der Waals surface area contributed by atoms with Gasteiger partial charge in [-0.3, -0.25) is 4.79 Å². The molecule has 3 aromatic rings. The number of carbonyl (C=O) groups is 1. The molecule has 0 saturated heterocycles. The number of aliphatic carboxylic acids is 1. The summed E-state index contributed by atoms with van der Waals surface area (Å²) in [6.45, 7) is 6.93. The number of fused-ring (bicyclic) bond motifs is 1. The Morgan fingerprint density at radius 3 is 2.61 bits per heavy atom. The largest absolute Gasteiger partial charge is 0.478 e. The molecule has 1 aromatic heterocycles. The van der Waals surface area contributed by atoms with E-state index in [4.69, 9.17) is 9.52 Å². The Balaban J connectivity index is 1.75. The van der Waals surface area contributed by atoms with Crippen molar-refractivity contribution in [1.82, 2.24) is 4.90 Å². The fourth-order valence-corrected chi connectivity index (χ4v) is 4.47. The van der Waals surface area contributed by atoms with Crippen molar-refractivity contribution in [3.8, 4) is 0 Å². The van der Waals surface area contributed by atoms with Crippen LogP contribution >= 0.6 is 0 Å². The van der Waals surface area contributed by atoms with Crippen LogP contribution in [-0.2, 0) is 11.2 Å². The zero-order chi connectivity index (χ0) is 23.4. The molecule has 4 rings (SSSR count). The van der Waals surface area contributed by atoms with Gasteiger partial charge in [-0.25, -0.2) is 4.79 Å². The highest BCUT2D eigenvalue weighted by Crippen LogP contribution is 2.55. The van der Waals surface area contributed by atoms with Gasteiger partial charge in [-0.1, -0.05) is 50.2 Å².